The average Bonchev–Trinajstić information content (AvgIpc) is 2.38. The van der Waals surface area contributed by atoms with Crippen LogP contribution in [0.15, 0.2) is 0 Å². The second-order valence-electron chi connectivity index (χ2n) is 5.18. The lowest BCUT2D eigenvalue weighted by atomic mass is 9.91. The molecule has 0 aromatic heterocycles. The van der Waals surface area contributed by atoms with Crippen LogP contribution in [0.1, 0.15) is 38.5 Å². The summed E-state index contributed by atoms with van der Waals surface area (Å²) < 4.78 is 32.1. The van der Waals surface area contributed by atoms with Crippen LogP contribution in [0.4, 0.5) is 0 Å². The molecule has 0 bridgehead atoms. The van der Waals surface area contributed by atoms with E-state index in [1.165, 1.54) is 0 Å². The van der Waals surface area contributed by atoms with E-state index < -0.39 is 10.0 Å². The molecule has 1 saturated heterocycles. The molecule has 1 heterocycles. The number of hydrogen-bond acceptors (Lipinski definition) is 4. The quantitative estimate of drug-likeness (QED) is 0.750. The smallest absolute Gasteiger partial charge is 0.214 e. The van der Waals surface area contributed by atoms with E-state index >= 15 is 0 Å². The van der Waals surface area contributed by atoms with Crippen LogP contribution in [0.2, 0.25) is 0 Å². The van der Waals surface area contributed by atoms with E-state index in [2.05, 4.69) is 0 Å². The Morgan fingerprint density at radius 1 is 1.22 bits per heavy atom. The van der Waals surface area contributed by atoms with Crippen LogP contribution < -0.4 is 5.73 Å². The Morgan fingerprint density at radius 2 is 2.00 bits per heavy atom. The SMILES string of the molecule is NCCCCS(=O)(=O)N1CCOC2CCCCC21. The molecule has 2 N–H and O–H groups in total. The molecule has 0 aromatic rings. The summed E-state index contributed by atoms with van der Waals surface area (Å²) in [5, 5.41) is 0. The van der Waals surface area contributed by atoms with E-state index in [4.69, 9.17) is 10.5 Å². The molecule has 18 heavy (non-hydrogen) atoms. The summed E-state index contributed by atoms with van der Waals surface area (Å²) in [4.78, 5) is 0. The van der Waals surface area contributed by atoms with E-state index in [0.717, 1.165) is 32.1 Å². The highest BCUT2D eigenvalue weighted by atomic mass is 32.2. The normalized spacial score (nSPS) is 30.1. The predicted molar refractivity (Wildman–Crippen MR) is 70.8 cm³/mol. The van der Waals surface area contributed by atoms with Gasteiger partial charge in [-0.25, -0.2) is 8.42 Å². The van der Waals surface area contributed by atoms with Crippen LogP contribution in [0.5, 0.6) is 0 Å². The van der Waals surface area contributed by atoms with Gasteiger partial charge in [0.05, 0.1) is 24.5 Å². The molecule has 5 nitrogen and oxygen atoms in total. The maximum absolute atomic E-state index is 12.3. The maximum Gasteiger partial charge on any atom is 0.214 e. The van der Waals surface area contributed by atoms with Crippen molar-refractivity contribution in [3.05, 3.63) is 0 Å². The second-order valence-corrected chi connectivity index (χ2v) is 7.22. The molecule has 2 atom stereocenters. The third kappa shape index (κ3) is 3.23. The fraction of sp³-hybridized carbons (Fsp3) is 1.00. The summed E-state index contributed by atoms with van der Waals surface area (Å²) in [6.07, 6.45) is 5.77. The van der Waals surface area contributed by atoms with Crippen molar-refractivity contribution >= 4 is 10.0 Å². The third-order valence-corrected chi connectivity index (χ3v) is 5.87. The van der Waals surface area contributed by atoms with E-state index in [9.17, 15) is 8.42 Å². The van der Waals surface area contributed by atoms with Crippen LogP contribution in [-0.4, -0.2) is 50.3 Å². The lowest BCUT2D eigenvalue weighted by Crippen LogP contribution is -2.55. The molecule has 106 valence electrons. The number of nitrogens with zero attached hydrogens (tertiary/aromatic N) is 1. The predicted octanol–water partition coefficient (Wildman–Crippen LogP) is 0.699. The molecular formula is C12H24N2O3S. The fourth-order valence-corrected chi connectivity index (χ4v) is 4.76. The minimum absolute atomic E-state index is 0.0791. The number of rotatable bonds is 5. The number of sulfonamides is 1. The van der Waals surface area contributed by atoms with Crippen LogP contribution >= 0.6 is 0 Å². The lowest BCUT2D eigenvalue weighted by Gasteiger charge is -2.42. The number of morpholine rings is 1. The summed E-state index contributed by atoms with van der Waals surface area (Å²) >= 11 is 0. The minimum atomic E-state index is -3.13. The van der Waals surface area contributed by atoms with Crippen LogP contribution in [0.25, 0.3) is 0 Å². The Morgan fingerprint density at radius 3 is 2.78 bits per heavy atom. The van der Waals surface area contributed by atoms with Gasteiger partial charge < -0.3 is 10.5 Å². The Kier molecular flexibility index (Phi) is 5.00. The fourth-order valence-electron chi connectivity index (χ4n) is 2.95. The van der Waals surface area contributed by atoms with Gasteiger partial charge in [0.15, 0.2) is 0 Å². The highest BCUT2D eigenvalue weighted by Gasteiger charge is 2.39. The van der Waals surface area contributed by atoms with Gasteiger partial charge in [0.2, 0.25) is 10.0 Å². The Bertz CT molecular complexity index is 356. The molecule has 2 fully saturated rings. The molecule has 0 aromatic carbocycles. The summed E-state index contributed by atoms with van der Waals surface area (Å²) in [5.74, 6) is 0.230. The zero-order chi connectivity index (χ0) is 13.0. The van der Waals surface area contributed by atoms with E-state index in [1.807, 2.05) is 0 Å². The summed E-state index contributed by atoms with van der Waals surface area (Å²) in [6, 6.07) is 0.0791. The van der Waals surface area contributed by atoms with E-state index in [-0.39, 0.29) is 17.9 Å². The topological polar surface area (TPSA) is 72.6 Å². The molecule has 1 aliphatic heterocycles. The standard InChI is InChI=1S/C12H24N2O3S/c13-7-3-4-10-18(15,16)14-8-9-17-12-6-2-1-5-11(12)14/h11-12H,1-10,13H2. The Balaban J connectivity index is 2.00. The molecule has 1 saturated carbocycles. The zero-order valence-electron chi connectivity index (χ0n) is 10.9. The first-order valence-corrected chi connectivity index (χ1v) is 8.57. The van der Waals surface area contributed by atoms with Gasteiger partial charge in [-0.2, -0.15) is 4.31 Å². The van der Waals surface area contributed by atoms with Gasteiger partial charge in [-0.1, -0.05) is 12.8 Å². The number of nitrogens with two attached hydrogens (primary N) is 1. The second kappa shape index (κ2) is 6.32. The molecule has 2 rings (SSSR count). The highest BCUT2D eigenvalue weighted by molar-refractivity contribution is 7.89. The highest BCUT2D eigenvalue weighted by Crippen LogP contribution is 2.30. The number of hydrogen-bond donors (Lipinski definition) is 1. The van der Waals surface area contributed by atoms with Crippen molar-refractivity contribution in [2.75, 3.05) is 25.4 Å². The Hall–Kier alpha value is -0.170. The first kappa shape index (κ1) is 14.2. The van der Waals surface area contributed by atoms with E-state index in [1.54, 1.807) is 4.31 Å². The van der Waals surface area contributed by atoms with Crippen LogP contribution in [0, 0.1) is 0 Å². The van der Waals surface area contributed by atoms with Crippen molar-refractivity contribution in [2.24, 2.45) is 5.73 Å². The van der Waals surface area contributed by atoms with Gasteiger partial charge in [-0.15, -0.1) is 0 Å². The summed E-state index contributed by atoms with van der Waals surface area (Å²) in [7, 11) is -3.13. The molecule has 0 radical (unpaired) electrons. The maximum atomic E-state index is 12.3. The Labute approximate surface area is 110 Å². The van der Waals surface area contributed by atoms with Crippen molar-refractivity contribution in [1.82, 2.24) is 4.31 Å². The van der Waals surface area contributed by atoms with Gasteiger partial charge in [-0.05, 0) is 32.2 Å². The third-order valence-electron chi connectivity index (χ3n) is 3.89. The van der Waals surface area contributed by atoms with Crippen molar-refractivity contribution in [3.8, 4) is 0 Å². The first-order valence-electron chi connectivity index (χ1n) is 6.96. The molecule has 0 amide bonds. The van der Waals surface area contributed by atoms with Crippen molar-refractivity contribution < 1.29 is 13.2 Å². The lowest BCUT2D eigenvalue weighted by molar-refractivity contribution is -0.0586. The largest absolute Gasteiger partial charge is 0.375 e. The molecule has 2 aliphatic rings. The number of unbranched alkanes of at least 4 members (excludes halogenated alkanes) is 1. The van der Waals surface area contributed by atoms with Crippen molar-refractivity contribution in [2.45, 2.75) is 50.7 Å². The van der Waals surface area contributed by atoms with Gasteiger partial charge in [0.1, 0.15) is 0 Å². The molecule has 2 unspecified atom stereocenters. The molecule has 6 heteroatoms. The zero-order valence-corrected chi connectivity index (χ0v) is 11.7. The average molecular weight is 276 g/mol. The van der Waals surface area contributed by atoms with Gasteiger partial charge in [-0.3, -0.25) is 0 Å². The van der Waals surface area contributed by atoms with Crippen molar-refractivity contribution in [3.63, 3.8) is 0 Å². The summed E-state index contributed by atoms with van der Waals surface area (Å²) in [5.41, 5.74) is 5.41. The molecular weight excluding hydrogens is 252 g/mol. The first-order chi connectivity index (χ1) is 8.65. The van der Waals surface area contributed by atoms with Gasteiger partial charge in [0.25, 0.3) is 0 Å². The van der Waals surface area contributed by atoms with Gasteiger partial charge in [0, 0.05) is 6.54 Å². The minimum Gasteiger partial charge on any atom is -0.375 e. The number of fused-ring (bicyclic) bond motifs is 1. The summed E-state index contributed by atoms with van der Waals surface area (Å²) in [6.45, 7) is 1.62. The van der Waals surface area contributed by atoms with Crippen LogP contribution in [0.3, 0.4) is 0 Å². The molecule has 1 aliphatic carbocycles. The molecule has 0 spiro atoms. The van der Waals surface area contributed by atoms with Crippen molar-refractivity contribution in [1.29, 1.82) is 0 Å². The van der Waals surface area contributed by atoms with E-state index in [0.29, 0.717) is 26.1 Å². The number of ether oxygens (including phenoxy) is 1. The monoisotopic (exact) mass is 276 g/mol. The van der Waals surface area contributed by atoms with Gasteiger partial charge >= 0.3 is 0 Å². The van der Waals surface area contributed by atoms with Crippen LogP contribution in [-0.2, 0) is 14.8 Å².